The first-order valence-electron chi connectivity index (χ1n) is 9.10. The van der Waals surface area contributed by atoms with Crippen LogP contribution in [0.5, 0.6) is 0 Å². The molecule has 0 spiro atoms. The molecule has 6 heteroatoms. The topological polar surface area (TPSA) is 53.6 Å². The Morgan fingerprint density at radius 3 is 2.33 bits per heavy atom. The molecule has 24 heavy (non-hydrogen) atoms. The van der Waals surface area contributed by atoms with Crippen LogP contribution < -0.4 is 5.32 Å². The van der Waals surface area contributed by atoms with E-state index >= 15 is 0 Å². The Bertz CT molecular complexity index is 669. The molecule has 1 aliphatic heterocycles. The van der Waals surface area contributed by atoms with E-state index < -0.39 is 12.5 Å². The molecule has 0 radical (unpaired) electrons. The van der Waals surface area contributed by atoms with Gasteiger partial charge in [0.25, 0.3) is 6.43 Å². The van der Waals surface area contributed by atoms with E-state index in [2.05, 4.69) is 16.5 Å². The van der Waals surface area contributed by atoms with Crippen molar-refractivity contribution in [3.63, 3.8) is 0 Å². The summed E-state index contributed by atoms with van der Waals surface area (Å²) in [5.74, 6) is 2.86. The molecule has 0 unspecified atom stereocenters. The monoisotopic (exact) mass is 332 g/mol. The number of alkyl halides is 2. The summed E-state index contributed by atoms with van der Waals surface area (Å²) in [4.78, 5) is 0. The number of halogens is 2. The first kappa shape index (κ1) is 14.7. The third-order valence-electron chi connectivity index (χ3n) is 7.13. The maximum atomic E-state index is 13.7. The largest absolute Gasteiger partial charge is 0.366 e. The van der Waals surface area contributed by atoms with Crippen LogP contribution in [0.4, 0.5) is 14.6 Å². The van der Waals surface area contributed by atoms with Gasteiger partial charge < -0.3 is 5.32 Å². The molecule has 4 fully saturated rings. The van der Waals surface area contributed by atoms with Gasteiger partial charge in [0.1, 0.15) is 23.5 Å². The maximum Gasteiger partial charge on any atom is 0.260 e. The summed E-state index contributed by atoms with van der Waals surface area (Å²) in [6.45, 7) is 0. The highest BCUT2D eigenvalue weighted by Crippen LogP contribution is 2.62. The molecule has 128 valence electrons. The maximum absolute atomic E-state index is 13.7. The molecule has 6 rings (SSSR count). The van der Waals surface area contributed by atoms with Crippen molar-refractivity contribution < 1.29 is 8.78 Å². The van der Waals surface area contributed by atoms with Crippen LogP contribution in [0.25, 0.3) is 0 Å². The van der Waals surface area contributed by atoms with Crippen molar-refractivity contribution in [2.45, 2.75) is 63.5 Å². The van der Waals surface area contributed by atoms with Crippen molar-refractivity contribution in [3.8, 4) is 6.07 Å². The molecule has 0 aromatic carbocycles. The van der Waals surface area contributed by atoms with Gasteiger partial charge in [0.05, 0.1) is 6.20 Å². The van der Waals surface area contributed by atoms with E-state index in [0.717, 1.165) is 17.8 Å². The summed E-state index contributed by atoms with van der Waals surface area (Å²) in [7, 11) is 0. The van der Waals surface area contributed by atoms with Crippen LogP contribution >= 0.6 is 0 Å². The molecule has 1 aromatic rings. The molecule has 5 aliphatic rings. The number of fused-ring (bicyclic) bond motifs is 1. The van der Waals surface area contributed by atoms with Crippen molar-refractivity contribution in [1.82, 2.24) is 9.78 Å². The number of nitrogens with zero attached hydrogens (tertiary/aromatic N) is 3. The predicted octanol–water partition coefficient (Wildman–Crippen LogP) is 3.96. The van der Waals surface area contributed by atoms with E-state index in [1.165, 1.54) is 49.4 Å². The van der Waals surface area contributed by atoms with Gasteiger partial charge >= 0.3 is 0 Å². The van der Waals surface area contributed by atoms with Crippen LogP contribution in [0, 0.1) is 34.5 Å². The van der Waals surface area contributed by atoms with Crippen molar-refractivity contribution in [3.05, 3.63) is 11.8 Å². The lowest BCUT2D eigenvalue weighted by molar-refractivity contribution is -0.0723. The van der Waals surface area contributed by atoms with Crippen LogP contribution in [0.15, 0.2) is 6.20 Å². The highest BCUT2D eigenvalue weighted by molar-refractivity contribution is 5.54. The molecule has 1 N–H and O–H groups in total. The average molecular weight is 332 g/mol. The van der Waals surface area contributed by atoms with E-state index in [0.29, 0.717) is 17.8 Å². The van der Waals surface area contributed by atoms with Gasteiger partial charge in [-0.05, 0) is 68.1 Å². The summed E-state index contributed by atoms with van der Waals surface area (Å²) in [6.07, 6.45) is 6.91. The minimum absolute atomic E-state index is 0.0428. The van der Waals surface area contributed by atoms with Gasteiger partial charge in [-0.1, -0.05) is 0 Å². The smallest absolute Gasteiger partial charge is 0.260 e. The zero-order valence-electron chi connectivity index (χ0n) is 13.6. The Kier molecular flexibility index (Phi) is 3.02. The van der Waals surface area contributed by atoms with Gasteiger partial charge in [-0.3, -0.25) is 0 Å². The Balaban J connectivity index is 1.52. The zero-order valence-corrected chi connectivity index (χ0v) is 13.6. The molecule has 0 amide bonds. The van der Waals surface area contributed by atoms with Crippen molar-refractivity contribution in [2.24, 2.45) is 23.2 Å². The summed E-state index contributed by atoms with van der Waals surface area (Å²) in [6, 6.07) is 1.23. The molecule has 4 nitrogen and oxygen atoms in total. The van der Waals surface area contributed by atoms with Gasteiger partial charge in [0.15, 0.2) is 0 Å². The Morgan fingerprint density at radius 1 is 1.17 bits per heavy atom. The number of rotatable bonds is 2. The van der Waals surface area contributed by atoms with E-state index in [9.17, 15) is 14.0 Å². The molecular weight excluding hydrogens is 310 g/mol. The standard InChI is InChI=1S/C18H22F2N4/c19-16(20)14-4-15(23-17-13(8-21)9-22-24(14)17)18-5-10-1-11(6-18)3-12(2-10)7-18/h9-12,14-16,23H,1-7H2/t10?,11?,12?,14-,15-,18?/m1/s1. The molecule has 4 aliphatic carbocycles. The number of nitrogens with one attached hydrogen (secondary N) is 1. The zero-order chi connectivity index (χ0) is 16.5. The molecule has 4 bridgehead atoms. The van der Waals surface area contributed by atoms with E-state index in [-0.39, 0.29) is 11.5 Å². The Morgan fingerprint density at radius 2 is 1.79 bits per heavy atom. The lowest BCUT2D eigenvalue weighted by atomic mass is 9.47. The molecule has 2 atom stereocenters. The third kappa shape index (κ3) is 1.96. The molecule has 2 heterocycles. The van der Waals surface area contributed by atoms with E-state index in [4.69, 9.17) is 0 Å². The predicted molar refractivity (Wildman–Crippen MR) is 84.6 cm³/mol. The summed E-state index contributed by atoms with van der Waals surface area (Å²) in [5, 5.41) is 16.8. The molecule has 4 saturated carbocycles. The minimum atomic E-state index is -2.45. The van der Waals surface area contributed by atoms with Crippen LogP contribution in [-0.2, 0) is 0 Å². The lowest BCUT2D eigenvalue weighted by Crippen LogP contribution is -2.56. The second kappa shape index (κ2) is 4.93. The molecule has 1 aromatic heterocycles. The third-order valence-corrected chi connectivity index (χ3v) is 7.13. The summed E-state index contributed by atoms with van der Waals surface area (Å²) in [5.41, 5.74) is 0.527. The fourth-order valence-corrected chi connectivity index (χ4v) is 6.62. The summed E-state index contributed by atoms with van der Waals surface area (Å²) >= 11 is 0. The summed E-state index contributed by atoms with van der Waals surface area (Å²) < 4.78 is 28.7. The van der Waals surface area contributed by atoms with Crippen LogP contribution in [0.2, 0.25) is 0 Å². The van der Waals surface area contributed by atoms with Gasteiger partial charge in [-0.2, -0.15) is 10.4 Å². The Hall–Kier alpha value is -1.64. The number of aromatic nitrogens is 2. The SMILES string of the molecule is N#Cc1cnn2c1N[C@@H](C13CC4CC(CC(C4)C1)C3)C[C@@H]2C(F)F. The highest BCUT2D eigenvalue weighted by Gasteiger charge is 2.56. The molecule has 0 saturated heterocycles. The second-order valence-corrected chi connectivity index (χ2v) is 8.58. The van der Waals surface area contributed by atoms with Crippen molar-refractivity contribution in [1.29, 1.82) is 5.26 Å². The minimum Gasteiger partial charge on any atom is -0.366 e. The second-order valence-electron chi connectivity index (χ2n) is 8.58. The normalized spacial score (nSPS) is 42.7. The van der Waals surface area contributed by atoms with Crippen LogP contribution in [0.3, 0.4) is 0 Å². The average Bonchev–Trinajstić information content (AvgIpc) is 2.95. The van der Waals surface area contributed by atoms with Crippen molar-refractivity contribution >= 4 is 5.82 Å². The Labute approximate surface area is 140 Å². The highest BCUT2D eigenvalue weighted by atomic mass is 19.3. The quantitative estimate of drug-likeness (QED) is 0.892. The van der Waals surface area contributed by atoms with Gasteiger partial charge in [-0.15, -0.1) is 0 Å². The van der Waals surface area contributed by atoms with Gasteiger partial charge in [0, 0.05) is 6.04 Å². The number of hydrogen-bond donors (Lipinski definition) is 1. The fraction of sp³-hybridized carbons (Fsp3) is 0.778. The van der Waals surface area contributed by atoms with Crippen LogP contribution in [0.1, 0.15) is 56.6 Å². The molecular formula is C18H22F2N4. The van der Waals surface area contributed by atoms with E-state index in [1.807, 2.05) is 0 Å². The first-order valence-corrected chi connectivity index (χ1v) is 9.10. The number of anilines is 1. The van der Waals surface area contributed by atoms with Gasteiger partial charge in [0.2, 0.25) is 0 Å². The van der Waals surface area contributed by atoms with Crippen molar-refractivity contribution in [2.75, 3.05) is 5.32 Å². The van der Waals surface area contributed by atoms with E-state index in [1.54, 1.807) is 0 Å². The lowest BCUT2D eigenvalue weighted by Gasteiger charge is -2.60. The van der Waals surface area contributed by atoms with Gasteiger partial charge in [-0.25, -0.2) is 13.5 Å². The fourth-order valence-electron chi connectivity index (χ4n) is 6.62. The number of hydrogen-bond acceptors (Lipinski definition) is 3. The van der Waals surface area contributed by atoms with Crippen LogP contribution in [-0.4, -0.2) is 22.2 Å². The first-order chi connectivity index (χ1) is 11.6. The number of nitriles is 1.